The van der Waals surface area contributed by atoms with Gasteiger partial charge in [0.1, 0.15) is 11.6 Å². The van der Waals surface area contributed by atoms with E-state index >= 15 is 0 Å². The van der Waals surface area contributed by atoms with Crippen molar-refractivity contribution < 1.29 is 9.18 Å². The second kappa shape index (κ2) is 10.3. The first-order valence-electron chi connectivity index (χ1n) is 10.1. The Morgan fingerprint density at radius 3 is 2.53 bits per heavy atom. The van der Waals surface area contributed by atoms with Gasteiger partial charge in [0, 0.05) is 42.6 Å². The van der Waals surface area contributed by atoms with Crippen LogP contribution in [0.1, 0.15) is 43.6 Å². The smallest absolute Gasteiger partial charge is 0.226 e. The van der Waals surface area contributed by atoms with E-state index in [-0.39, 0.29) is 17.8 Å². The average Bonchev–Trinajstić information content (AvgIpc) is 3.19. The third-order valence-electron chi connectivity index (χ3n) is 5.02. The van der Waals surface area contributed by atoms with Crippen LogP contribution in [-0.4, -0.2) is 27.9 Å². The topological polar surface area (TPSA) is 58.1 Å². The molecule has 0 aliphatic carbocycles. The fourth-order valence-electron chi connectivity index (χ4n) is 3.03. The molecule has 0 saturated heterocycles. The molecule has 3 aromatic rings. The van der Waals surface area contributed by atoms with Gasteiger partial charge >= 0.3 is 0 Å². The van der Waals surface area contributed by atoms with Crippen LogP contribution in [0.15, 0.2) is 48.5 Å². The summed E-state index contributed by atoms with van der Waals surface area (Å²) in [5, 5.41) is 3.64. The highest BCUT2D eigenvalue weighted by molar-refractivity contribution is 7.09. The number of nitrogens with zero attached hydrogens (tertiary/aromatic N) is 3. The summed E-state index contributed by atoms with van der Waals surface area (Å²) in [5.41, 5.74) is 3.00. The Hall–Kier alpha value is -2.80. The number of carbonyl (C=O) groups excluding carboxylic acids is 1. The van der Waals surface area contributed by atoms with E-state index in [2.05, 4.69) is 59.6 Å². The second-order valence-corrected chi connectivity index (χ2v) is 8.14. The van der Waals surface area contributed by atoms with Crippen LogP contribution in [-0.2, 0) is 11.2 Å². The maximum absolute atomic E-state index is 13.0. The largest absolute Gasteiger partial charge is 0.344 e. The summed E-state index contributed by atoms with van der Waals surface area (Å²) in [6.45, 7) is 6.85. The van der Waals surface area contributed by atoms with Crippen LogP contribution >= 0.6 is 11.5 Å². The highest BCUT2D eigenvalue weighted by Gasteiger charge is 2.19. The lowest BCUT2D eigenvalue weighted by atomic mass is 10.1. The van der Waals surface area contributed by atoms with E-state index in [1.54, 1.807) is 12.1 Å². The number of halogens is 1. The average molecular weight is 427 g/mol. The van der Waals surface area contributed by atoms with E-state index in [4.69, 9.17) is 4.98 Å². The van der Waals surface area contributed by atoms with Crippen molar-refractivity contribution in [3.63, 3.8) is 0 Å². The van der Waals surface area contributed by atoms with Crippen LogP contribution in [0, 0.1) is 12.7 Å². The molecule has 2 aromatic carbocycles. The molecule has 1 aromatic heterocycles. The van der Waals surface area contributed by atoms with E-state index in [0.29, 0.717) is 25.1 Å². The third-order valence-corrected chi connectivity index (χ3v) is 5.81. The Kier molecular flexibility index (Phi) is 7.52. The van der Waals surface area contributed by atoms with Gasteiger partial charge in [-0.15, -0.1) is 0 Å². The summed E-state index contributed by atoms with van der Waals surface area (Å²) < 4.78 is 17.5. The number of anilines is 2. The maximum Gasteiger partial charge on any atom is 0.226 e. The molecule has 1 amide bonds. The predicted octanol–water partition coefficient (Wildman–Crippen LogP) is 5.21. The number of hydrogen-bond donors (Lipinski definition) is 1. The summed E-state index contributed by atoms with van der Waals surface area (Å²) in [5.74, 6) is 0.357. The number of benzene rings is 2. The van der Waals surface area contributed by atoms with Crippen LogP contribution in [0.4, 0.5) is 15.2 Å². The number of aromatic nitrogens is 2. The number of hydrogen-bond acceptors (Lipinski definition) is 5. The molecule has 30 heavy (non-hydrogen) atoms. The minimum Gasteiger partial charge on any atom is -0.344 e. The zero-order valence-corrected chi connectivity index (χ0v) is 18.4. The summed E-state index contributed by atoms with van der Waals surface area (Å²) in [7, 11) is 0. The lowest BCUT2D eigenvalue weighted by Gasteiger charge is -2.27. The molecule has 0 bridgehead atoms. The quantitative estimate of drug-likeness (QED) is 0.510. The Balaban J connectivity index is 1.62. The van der Waals surface area contributed by atoms with Gasteiger partial charge in [0.05, 0.1) is 0 Å². The molecular weight excluding hydrogens is 399 g/mol. The van der Waals surface area contributed by atoms with Crippen molar-refractivity contribution in [3.8, 4) is 0 Å². The highest BCUT2D eigenvalue weighted by atomic mass is 32.1. The van der Waals surface area contributed by atoms with Gasteiger partial charge in [-0.2, -0.15) is 4.37 Å². The van der Waals surface area contributed by atoms with Gasteiger partial charge in [-0.3, -0.25) is 4.79 Å². The minimum atomic E-state index is -0.325. The minimum absolute atomic E-state index is 0.112. The highest BCUT2D eigenvalue weighted by Crippen LogP contribution is 2.23. The lowest BCUT2D eigenvalue weighted by Crippen LogP contribution is -2.35. The molecule has 0 aliphatic heterocycles. The van der Waals surface area contributed by atoms with Crippen molar-refractivity contribution in [1.29, 1.82) is 0 Å². The molecule has 158 valence electrons. The molecule has 0 unspecified atom stereocenters. The van der Waals surface area contributed by atoms with E-state index in [9.17, 15) is 9.18 Å². The number of aryl methyl sites for hydroxylation is 1. The number of amides is 1. The van der Waals surface area contributed by atoms with Crippen LogP contribution in [0.3, 0.4) is 0 Å². The molecule has 1 atom stereocenters. The summed E-state index contributed by atoms with van der Waals surface area (Å²) >= 11 is 1.37. The zero-order valence-electron chi connectivity index (χ0n) is 17.6. The first kappa shape index (κ1) is 21.9. The van der Waals surface area contributed by atoms with Gasteiger partial charge in [-0.1, -0.05) is 36.8 Å². The van der Waals surface area contributed by atoms with Gasteiger partial charge in [-0.25, -0.2) is 9.37 Å². The fraction of sp³-hybridized carbons (Fsp3) is 0.348. The molecular formula is C23H27FN4OS. The van der Waals surface area contributed by atoms with Crippen molar-refractivity contribution in [1.82, 2.24) is 9.36 Å². The van der Waals surface area contributed by atoms with Crippen LogP contribution in [0.25, 0.3) is 0 Å². The molecule has 5 nitrogen and oxygen atoms in total. The van der Waals surface area contributed by atoms with Crippen molar-refractivity contribution in [2.45, 2.75) is 46.1 Å². The molecule has 0 fully saturated rings. The maximum atomic E-state index is 13.0. The van der Waals surface area contributed by atoms with Gasteiger partial charge < -0.3 is 10.2 Å². The summed E-state index contributed by atoms with van der Waals surface area (Å²) in [6, 6.07) is 14.4. The Morgan fingerprint density at radius 1 is 1.17 bits per heavy atom. The normalized spacial score (nSPS) is 11.9. The van der Waals surface area contributed by atoms with E-state index in [1.165, 1.54) is 34.8 Å². The number of rotatable bonds is 9. The predicted molar refractivity (Wildman–Crippen MR) is 121 cm³/mol. The first-order chi connectivity index (χ1) is 14.4. The second-order valence-electron chi connectivity index (χ2n) is 7.41. The Morgan fingerprint density at radius 2 is 1.87 bits per heavy atom. The molecule has 0 radical (unpaired) electrons. The van der Waals surface area contributed by atoms with Gasteiger partial charge in [-0.05, 0) is 50.1 Å². The molecule has 0 saturated carbocycles. The molecule has 7 heteroatoms. The lowest BCUT2D eigenvalue weighted by molar-refractivity contribution is -0.116. The number of nitrogens with one attached hydrogen (secondary N) is 1. The van der Waals surface area contributed by atoms with Gasteiger partial charge in [0.25, 0.3) is 0 Å². The van der Waals surface area contributed by atoms with Crippen molar-refractivity contribution in [2.24, 2.45) is 0 Å². The molecule has 0 aliphatic rings. The van der Waals surface area contributed by atoms with Crippen LogP contribution < -0.4 is 10.2 Å². The molecule has 1 heterocycles. The third kappa shape index (κ3) is 6.10. The van der Waals surface area contributed by atoms with E-state index in [0.717, 1.165) is 17.4 Å². The molecule has 1 N–H and O–H groups in total. The monoisotopic (exact) mass is 426 g/mol. The fourth-order valence-corrected chi connectivity index (χ4v) is 3.84. The van der Waals surface area contributed by atoms with Crippen molar-refractivity contribution in [2.75, 3.05) is 16.8 Å². The zero-order chi connectivity index (χ0) is 21.5. The van der Waals surface area contributed by atoms with Crippen molar-refractivity contribution >= 4 is 28.3 Å². The molecule has 0 spiro atoms. The van der Waals surface area contributed by atoms with Crippen LogP contribution in [0.5, 0.6) is 0 Å². The Labute approximate surface area is 181 Å². The van der Waals surface area contributed by atoms with Crippen molar-refractivity contribution in [3.05, 3.63) is 71.3 Å². The van der Waals surface area contributed by atoms with Gasteiger partial charge in [0.2, 0.25) is 11.0 Å². The standard InChI is InChI=1S/C23H27FN4OS/c1-4-17(3)28(14-13-22(29)25-20-11-9-19(24)10-12-20)23-26-21(27-30-23)15-18-7-5-16(2)6-8-18/h5-12,17H,4,13-15H2,1-3H3,(H,25,29)/t17-/m1/s1. The summed E-state index contributed by atoms with van der Waals surface area (Å²) in [6.07, 6.45) is 1.94. The van der Waals surface area contributed by atoms with E-state index < -0.39 is 0 Å². The first-order valence-corrected chi connectivity index (χ1v) is 10.9. The number of carbonyl (C=O) groups is 1. The van der Waals surface area contributed by atoms with Crippen LogP contribution in [0.2, 0.25) is 0 Å². The van der Waals surface area contributed by atoms with Gasteiger partial charge in [0.15, 0.2) is 0 Å². The SMILES string of the molecule is CC[C@@H](C)N(CCC(=O)Nc1ccc(F)cc1)c1nc(Cc2ccc(C)cc2)ns1. The summed E-state index contributed by atoms with van der Waals surface area (Å²) in [4.78, 5) is 19.2. The van der Waals surface area contributed by atoms with E-state index in [1.807, 2.05) is 0 Å². The Bertz CT molecular complexity index is 956. The molecule has 3 rings (SSSR count).